The molecule has 0 aliphatic carbocycles. The zero-order valence-corrected chi connectivity index (χ0v) is 10.1. The number of alkyl halides is 3. The van der Waals surface area contributed by atoms with Gasteiger partial charge in [-0.05, 0) is 19.1 Å². The van der Waals surface area contributed by atoms with Gasteiger partial charge in [-0.2, -0.15) is 13.2 Å². The predicted molar refractivity (Wildman–Crippen MR) is 57.4 cm³/mol. The third kappa shape index (κ3) is 3.26. The molecule has 0 amide bonds. The quantitative estimate of drug-likeness (QED) is 0.762. The van der Waals surface area contributed by atoms with E-state index in [1.54, 1.807) is 0 Å². The summed E-state index contributed by atoms with van der Waals surface area (Å²) in [5.41, 5.74) is -1.92. The summed E-state index contributed by atoms with van der Waals surface area (Å²) in [6.45, 7) is 1.43. The molecule has 0 atom stereocenters. The van der Waals surface area contributed by atoms with Crippen LogP contribution in [0.15, 0.2) is 12.1 Å². The number of ether oxygens (including phenoxy) is 1. The van der Waals surface area contributed by atoms with Crippen molar-refractivity contribution in [1.29, 1.82) is 0 Å². The first-order chi connectivity index (χ1) is 7.77. The summed E-state index contributed by atoms with van der Waals surface area (Å²) in [4.78, 5) is 11.4. The molecule has 0 aliphatic rings. The number of hydrogen-bond acceptors (Lipinski definition) is 2. The van der Waals surface area contributed by atoms with Gasteiger partial charge < -0.3 is 4.74 Å². The minimum Gasteiger partial charge on any atom is -0.462 e. The Morgan fingerprint density at radius 2 is 1.94 bits per heavy atom. The van der Waals surface area contributed by atoms with Crippen molar-refractivity contribution in [2.45, 2.75) is 13.1 Å². The van der Waals surface area contributed by atoms with Gasteiger partial charge in [0.1, 0.15) is 0 Å². The lowest BCUT2D eigenvalue weighted by Crippen LogP contribution is -2.16. The van der Waals surface area contributed by atoms with Crippen molar-refractivity contribution in [3.05, 3.63) is 33.3 Å². The Kier molecular flexibility index (Phi) is 4.27. The summed E-state index contributed by atoms with van der Waals surface area (Å²) < 4.78 is 42.6. The van der Waals surface area contributed by atoms with E-state index < -0.39 is 23.3 Å². The highest BCUT2D eigenvalue weighted by Crippen LogP contribution is 2.37. The van der Waals surface area contributed by atoms with Crippen LogP contribution in [-0.2, 0) is 10.9 Å². The maximum Gasteiger partial charge on any atom is 0.417 e. The van der Waals surface area contributed by atoms with Gasteiger partial charge in [-0.3, -0.25) is 0 Å². The van der Waals surface area contributed by atoms with E-state index >= 15 is 0 Å². The molecule has 0 fully saturated rings. The van der Waals surface area contributed by atoms with Crippen LogP contribution in [0.3, 0.4) is 0 Å². The van der Waals surface area contributed by atoms with Crippen LogP contribution in [0.4, 0.5) is 13.2 Å². The molecule has 0 aromatic heterocycles. The van der Waals surface area contributed by atoms with Crippen LogP contribution in [0.2, 0.25) is 10.0 Å². The normalized spacial score (nSPS) is 11.4. The van der Waals surface area contributed by atoms with Crippen LogP contribution in [0, 0.1) is 0 Å². The summed E-state index contributed by atoms with van der Waals surface area (Å²) in [5, 5.41) is -0.585. The first-order valence-corrected chi connectivity index (χ1v) is 5.26. The molecular formula is C10H7Cl2F3O2. The molecule has 1 aromatic rings. The minimum absolute atomic E-state index is 0.0465. The Morgan fingerprint density at radius 3 is 2.41 bits per heavy atom. The first-order valence-electron chi connectivity index (χ1n) is 4.50. The Hall–Kier alpha value is -0.940. The van der Waals surface area contributed by atoms with E-state index in [2.05, 4.69) is 4.74 Å². The monoisotopic (exact) mass is 286 g/mol. The van der Waals surface area contributed by atoms with Gasteiger partial charge in [0, 0.05) is 5.02 Å². The van der Waals surface area contributed by atoms with Gasteiger partial charge in [0.05, 0.1) is 22.8 Å². The van der Waals surface area contributed by atoms with E-state index in [4.69, 9.17) is 23.2 Å². The van der Waals surface area contributed by atoms with Gasteiger partial charge in [-0.15, -0.1) is 0 Å². The van der Waals surface area contributed by atoms with Crippen molar-refractivity contribution in [2.75, 3.05) is 6.61 Å². The molecule has 0 spiro atoms. The number of halogens is 5. The number of carbonyl (C=O) groups is 1. The van der Waals surface area contributed by atoms with E-state index in [0.717, 1.165) is 6.07 Å². The molecule has 2 nitrogen and oxygen atoms in total. The smallest absolute Gasteiger partial charge is 0.417 e. The molecule has 94 valence electrons. The van der Waals surface area contributed by atoms with Crippen LogP contribution < -0.4 is 0 Å². The summed E-state index contributed by atoms with van der Waals surface area (Å²) in [6.07, 6.45) is -4.73. The van der Waals surface area contributed by atoms with Crippen LogP contribution in [0.5, 0.6) is 0 Å². The summed E-state index contributed by atoms with van der Waals surface area (Å²) >= 11 is 11.1. The molecule has 0 saturated carbocycles. The molecule has 0 aliphatic heterocycles. The summed E-state index contributed by atoms with van der Waals surface area (Å²) in [7, 11) is 0. The Balaban J connectivity index is 3.41. The largest absolute Gasteiger partial charge is 0.462 e. The molecule has 1 rings (SSSR count). The molecule has 0 unspecified atom stereocenters. The molecule has 7 heteroatoms. The number of esters is 1. The SMILES string of the molecule is CCOC(=O)c1c(Cl)cc(Cl)cc1C(F)(F)F. The topological polar surface area (TPSA) is 26.3 Å². The highest BCUT2D eigenvalue weighted by Gasteiger charge is 2.37. The van der Waals surface area contributed by atoms with E-state index in [0.29, 0.717) is 6.07 Å². The van der Waals surface area contributed by atoms with E-state index in [1.165, 1.54) is 6.92 Å². The predicted octanol–water partition coefficient (Wildman–Crippen LogP) is 4.19. The molecule has 0 bridgehead atoms. The highest BCUT2D eigenvalue weighted by molar-refractivity contribution is 6.36. The highest BCUT2D eigenvalue weighted by atomic mass is 35.5. The molecule has 0 radical (unpaired) electrons. The Bertz CT molecular complexity index is 444. The third-order valence-electron chi connectivity index (χ3n) is 1.84. The zero-order valence-electron chi connectivity index (χ0n) is 8.57. The molecular weight excluding hydrogens is 280 g/mol. The van der Waals surface area contributed by atoms with Gasteiger partial charge in [0.25, 0.3) is 0 Å². The molecule has 0 N–H and O–H groups in total. The molecule has 0 heterocycles. The van der Waals surface area contributed by atoms with Crippen molar-refractivity contribution >= 4 is 29.2 Å². The lowest BCUT2D eigenvalue weighted by Gasteiger charge is -2.13. The third-order valence-corrected chi connectivity index (χ3v) is 2.36. The zero-order chi connectivity index (χ0) is 13.2. The lowest BCUT2D eigenvalue weighted by atomic mass is 10.1. The second kappa shape index (κ2) is 5.14. The maximum atomic E-state index is 12.7. The summed E-state index contributed by atoms with van der Waals surface area (Å²) in [6, 6.07) is 1.70. The van der Waals surface area contributed by atoms with Crippen LogP contribution >= 0.6 is 23.2 Å². The molecule has 0 saturated heterocycles. The Morgan fingerprint density at radius 1 is 1.35 bits per heavy atom. The standard InChI is InChI=1S/C10H7Cl2F3O2/c1-2-17-9(16)8-6(10(13,14)15)3-5(11)4-7(8)12/h3-4H,2H2,1H3. The van der Waals surface area contributed by atoms with Crippen LogP contribution in [0.1, 0.15) is 22.8 Å². The van der Waals surface area contributed by atoms with Crippen molar-refractivity contribution < 1.29 is 22.7 Å². The van der Waals surface area contributed by atoms with Crippen LogP contribution in [-0.4, -0.2) is 12.6 Å². The van der Waals surface area contributed by atoms with Crippen molar-refractivity contribution in [1.82, 2.24) is 0 Å². The van der Waals surface area contributed by atoms with Gasteiger partial charge in [0.2, 0.25) is 0 Å². The van der Waals surface area contributed by atoms with Gasteiger partial charge in [-0.25, -0.2) is 4.79 Å². The fourth-order valence-corrected chi connectivity index (χ4v) is 1.78. The number of rotatable bonds is 2. The lowest BCUT2D eigenvalue weighted by molar-refractivity contribution is -0.138. The number of hydrogen-bond donors (Lipinski definition) is 0. The van der Waals surface area contributed by atoms with Crippen molar-refractivity contribution in [2.24, 2.45) is 0 Å². The maximum absolute atomic E-state index is 12.7. The number of benzene rings is 1. The van der Waals surface area contributed by atoms with Gasteiger partial charge in [0.15, 0.2) is 0 Å². The van der Waals surface area contributed by atoms with Gasteiger partial charge >= 0.3 is 12.1 Å². The minimum atomic E-state index is -4.73. The fraction of sp³-hybridized carbons (Fsp3) is 0.300. The van der Waals surface area contributed by atoms with E-state index in [-0.39, 0.29) is 16.7 Å². The van der Waals surface area contributed by atoms with E-state index in [9.17, 15) is 18.0 Å². The van der Waals surface area contributed by atoms with Crippen LogP contribution in [0.25, 0.3) is 0 Å². The number of carbonyl (C=O) groups excluding carboxylic acids is 1. The summed E-state index contributed by atoms with van der Waals surface area (Å²) in [5.74, 6) is -1.12. The molecule has 17 heavy (non-hydrogen) atoms. The fourth-order valence-electron chi connectivity index (χ4n) is 1.21. The van der Waals surface area contributed by atoms with Gasteiger partial charge in [-0.1, -0.05) is 23.2 Å². The average Bonchev–Trinajstić information content (AvgIpc) is 2.15. The second-order valence-electron chi connectivity index (χ2n) is 3.03. The van der Waals surface area contributed by atoms with Crippen molar-refractivity contribution in [3.8, 4) is 0 Å². The first kappa shape index (κ1) is 14.1. The van der Waals surface area contributed by atoms with E-state index in [1.807, 2.05) is 0 Å². The second-order valence-corrected chi connectivity index (χ2v) is 3.87. The Labute approximate surface area is 105 Å². The average molecular weight is 287 g/mol. The van der Waals surface area contributed by atoms with Crippen molar-refractivity contribution in [3.63, 3.8) is 0 Å². The molecule has 1 aromatic carbocycles.